The van der Waals surface area contributed by atoms with Gasteiger partial charge in [0.05, 0.1) is 11.9 Å². The first kappa shape index (κ1) is 19.8. The molecule has 1 rings (SSSR count). The average Bonchev–Trinajstić information content (AvgIpc) is 2.45. The van der Waals surface area contributed by atoms with E-state index in [1.165, 1.54) is 4.31 Å². The summed E-state index contributed by atoms with van der Waals surface area (Å²) >= 11 is 5.98. The zero-order valence-electron chi connectivity index (χ0n) is 13.9. The first-order valence-corrected chi connectivity index (χ1v) is 9.99. The molecule has 0 saturated heterocycles. The van der Waals surface area contributed by atoms with Gasteiger partial charge in [-0.1, -0.05) is 31.0 Å². The van der Waals surface area contributed by atoms with Crippen LogP contribution in [0.2, 0.25) is 5.02 Å². The van der Waals surface area contributed by atoms with Gasteiger partial charge in [-0.3, -0.25) is 9.10 Å². The molecule has 0 bridgehead atoms. The first-order valence-electron chi connectivity index (χ1n) is 7.76. The minimum absolute atomic E-state index is 0.0466. The van der Waals surface area contributed by atoms with Crippen LogP contribution in [0.4, 0.5) is 5.69 Å². The minimum atomic E-state index is -3.43. The van der Waals surface area contributed by atoms with Crippen LogP contribution in [0.5, 0.6) is 0 Å². The predicted octanol–water partition coefficient (Wildman–Crippen LogP) is 3.11. The van der Waals surface area contributed by atoms with Crippen LogP contribution in [0.15, 0.2) is 18.2 Å². The molecule has 1 aromatic rings. The second-order valence-electron chi connectivity index (χ2n) is 5.57. The maximum absolute atomic E-state index is 12.1. The molecule has 0 aliphatic rings. The van der Waals surface area contributed by atoms with Crippen molar-refractivity contribution in [3.63, 3.8) is 0 Å². The van der Waals surface area contributed by atoms with Crippen molar-refractivity contribution >= 4 is 33.2 Å². The van der Waals surface area contributed by atoms with Gasteiger partial charge in [0.2, 0.25) is 15.9 Å². The fourth-order valence-corrected chi connectivity index (χ4v) is 3.37. The molecule has 23 heavy (non-hydrogen) atoms. The number of aryl methyl sites for hydroxylation is 1. The van der Waals surface area contributed by atoms with Gasteiger partial charge in [0.25, 0.3) is 0 Å². The number of hydrogen-bond donors (Lipinski definition) is 1. The van der Waals surface area contributed by atoms with Gasteiger partial charge in [-0.15, -0.1) is 0 Å². The third-order valence-corrected chi connectivity index (χ3v) is 4.87. The molecule has 1 amide bonds. The molecule has 0 fully saturated rings. The Balaban J connectivity index is 2.71. The van der Waals surface area contributed by atoms with Crippen LogP contribution in [0.25, 0.3) is 0 Å². The number of halogens is 1. The monoisotopic (exact) mass is 360 g/mol. The zero-order valence-corrected chi connectivity index (χ0v) is 15.5. The predicted molar refractivity (Wildman–Crippen MR) is 95.5 cm³/mol. The molecule has 1 N–H and O–H groups in total. The smallest absolute Gasteiger partial charge is 0.232 e. The minimum Gasteiger partial charge on any atom is -0.356 e. The maximum atomic E-state index is 12.1. The first-order chi connectivity index (χ1) is 10.8. The Morgan fingerprint density at radius 2 is 2.00 bits per heavy atom. The Labute approximate surface area is 144 Å². The highest BCUT2D eigenvalue weighted by atomic mass is 35.5. The van der Waals surface area contributed by atoms with Crippen molar-refractivity contribution in [2.24, 2.45) is 0 Å². The van der Waals surface area contributed by atoms with E-state index in [0.717, 1.165) is 24.7 Å². The third kappa shape index (κ3) is 6.79. The summed E-state index contributed by atoms with van der Waals surface area (Å²) in [6, 6.07) is 5.15. The van der Waals surface area contributed by atoms with Gasteiger partial charge in [0.15, 0.2) is 0 Å². The number of carbonyl (C=O) groups excluding carboxylic acids is 1. The highest BCUT2D eigenvalue weighted by Crippen LogP contribution is 2.26. The van der Waals surface area contributed by atoms with E-state index in [0.29, 0.717) is 30.1 Å². The highest BCUT2D eigenvalue weighted by molar-refractivity contribution is 7.92. The molecule has 0 aromatic heterocycles. The lowest BCUT2D eigenvalue weighted by Crippen LogP contribution is -2.32. The molecule has 0 radical (unpaired) electrons. The summed E-state index contributed by atoms with van der Waals surface area (Å²) in [4.78, 5) is 11.7. The van der Waals surface area contributed by atoms with E-state index in [4.69, 9.17) is 11.6 Å². The second-order valence-corrected chi connectivity index (χ2v) is 7.92. The van der Waals surface area contributed by atoms with Crippen molar-refractivity contribution < 1.29 is 13.2 Å². The van der Waals surface area contributed by atoms with E-state index in [2.05, 4.69) is 12.2 Å². The number of amides is 1. The SMILES string of the molecule is CCCCNC(=O)CCCN(c1cc(Cl)ccc1C)S(C)(=O)=O. The average molecular weight is 361 g/mol. The van der Waals surface area contributed by atoms with E-state index in [9.17, 15) is 13.2 Å². The Hall–Kier alpha value is -1.27. The summed E-state index contributed by atoms with van der Waals surface area (Å²) in [5.74, 6) is -0.0466. The van der Waals surface area contributed by atoms with Gasteiger partial charge in [0.1, 0.15) is 0 Å². The second kappa shape index (κ2) is 9.13. The molecule has 1 aromatic carbocycles. The quantitative estimate of drug-likeness (QED) is 0.688. The van der Waals surface area contributed by atoms with E-state index in [1.807, 2.05) is 6.92 Å². The van der Waals surface area contributed by atoms with Crippen LogP contribution in [0.3, 0.4) is 0 Å². The summed E-state index contributed by atoms with van der Waals surface area (Å²) in [5, 5.41) is 3.31. The third-order valence-electron chi connectivity index (χ3n) is 3.46. The fraction of sp³-hybridized carbons (Fsp3) is 0.562. The van der Waals surface area contributed by atoms with Gasteiger partial charge in [-0.2, -0.15) is 0 Å². The molecule has 0 spiro atoms. The summed E-state index contributed by atoms with van der Waals surface area (Å²) in [6.45, 7) is 4.81. The number of nitrogens with zero attached hydrogens (tertiary/aromatic N) is 1. The summed E-state index contributed by atoms with van der Waals surface area (Å²) in [5.41, 5.74) is 1.39. The van der Waals surface area contributed by atoms with E-state index < -0.39 is 10.0 Å². The van der Waals surface area contributed by atoms with Gasteiger partial charge < -0.3 is 5.32 Å². The molecule has 0 atom stereocenters. The standard InChI is InChI=1S/C16H25ClN2O3S/c1-4-5-10-18-16(20)7-6-11-19(23(3,21)22)15-12-14(17)9-8-13(15)2/h8-9,12H,4-7,10-11H2,1-3H3,(H,18,20). The fourth-order valence-electron chi connectivity index (χ4n) is 2.19. The molecule has 0 aliphatic carbocycles. The van der Waals surface area contributed by atoms with Crippen LogP contribution in [-0.4, -0.2) is 33.7 Å². The van der Waals surface area contributed by atoms with Gasteiger partial charge >= 0.3 is 0 Å². The van der Waals surface area contributed by atoms with Crippen LogP contribution < -0.4 is 9.62 Å². The van der Waals surface area contributed by atoms with E-state index in [-0.39, 0.29) is 12.5 Å². The summed E-state index contributed by atoms with van der Waals surface area (Å²) in [6.07, 6.45) is 3.89. The van der Waals surface area contributed by atoms with E-state index >= 15 is 0 Å². The largest absolute Gasteiger partial charge is 0.356 e. The number of rotatable bonds is 9. The molecule has 5 nitrogen and oxygen atoms in total. The topological polar surface area (TPSA) is 66.5 Å². The Kier molecular flexibility index (Phi) is 7.85. The van der Waals surface area contributed by atoms with E-state index in [1.54, 1.807) is 18.2 Å². The molecule has 0 saturated carbocycles. The molecular weight excluding hydrogens is 336 g/mol. The summed E-state index contributed by atoms with van der Waals surface area (Å²) < 4.78 is 25.4. The van der Waals surface area contributed by atoms with Crippen molar-refractivity contribution in [3.05, 3.63) is 28.8 Å². The van der Waals surface area contributed by atoms with Gasteiger partial charge in [-0.05, 0) is 37.5 Å². The van der Waals surface area contributed by atoms with Crippen molar-refractivity contribution in [1.29, 1.82) is 0 Å². The Bertz CT molecular complexity index is 632. The van der Waals surface area contributed by atoms with Gasteiger partial charge in [-0.25, -0.2) is 8.42 Å². The lowest BCUT2D eigenvalue weighted by molar-refractivity contribution is -0.121. The maximum Gasteiger partial charge on any atom is 0.232 e. The molecule has 0 heterocycles. The lowest BCUT2D eigenvalue weighted by Gasteiger charge is -2.24. The van der Waals surface area contributed by atoms with Crippen LogP contribution >= 0.6 is 11.6 Å². The van der Waals surface area contributed by atoms with Crippen LogP contribution in [0, 0.1) is 6.92 Å². The molecular formula is C16H25ClN2O3S. The lowest BCUT2D eigenvalue weighted by atomic mass is 10.2. The van der Waals surface area contributed by atoms with Crippen molar-refractivity contribution in [2.45, 2.75) is 39.5 Å². The van der Waals surface area contributed by atoms with Crippen LogP contribution in [-0.2, 0) is 14.8 Å². The molecule has 0 unspecified atom stereocenters. The molecule has 7 heteroatoms. The number of benzene rings is 1. The number of carbonyl (C=O) groups is 1. The number of hydrogen-bond acceptors (Lipinski definition) is 3. The Morgan fingerprint density at radius 3 is 2.61 bits per heavy atom. The van der Waals surface area contributed by atoms with Gasteiger partial charge in [0, 0.05) is 24.5 Å². The van der Waals surface area contributed by atoms with Crippen LogP contribution in [0.1, 0.15) is 38.2 Å². The van der Waals surface area contributed by atoms with Crippen molar-refractivity contribution in [1.82, 2.24) is 5.32 Å². The number of sulfonamides is 1. The molecule has 0 aliphatic heterocycles. The zero-order chi connectivity index (χ0) is 17.5. The van der Waals surface area contributed by atoms with Crippen molar-refractivity contribution in [3.8, 4) is 0 Å². The summed E-state index contributed by atoms with van der Waals surface area (Å²) in [7, 11) is -3.43. The number of unbranched alkanes of at least 4 members (excludes halogenated alkanes) is 1. The normalized spacial score (nSPS) is 11.3. The number of anilines is 1. The highest BCUT2D eigenvalue weighted by Gasteiger charge is 2.19. The van der Waals surface area contributed by atoms with Crippen molar-refractivity contribution in [2.75, 3.05) is 23.7 Å². The molecule has 130 valence electrons. The number of nitrogens with one attached hydrogen (secondary N) is 1. The Morgan fingerprint density at radius 1 is 1.30 bits per heavy atom.